The Balaban J connectivity index is 1.41. The number of anilines is 2. The van der Waals surface area contributed by atoms with Crippen LogP contribution in [0.15, 0.2) is 42.5 Å². The molecule has 1 atom stereocenters. The van der Waals surface area contributed by atoms with Crippen LogP contribution in [-0.4, -0.2) is 34.2 Å². The zero-order valence-corrected chi connectivity index (χ0v) is 20.6. The van der Waals surface area contributed by atoms with Gasteiger partial charge in [-0.2, -0.15) is 0 Å². The fraction of sp³-hybridized carbons (Fsp3) is 0.304. The Labute approximate surface area is 205 Å². The summed E-state index contributed by atoms with van der Waals surface area (Å²) in [5, 5.41) is 13.3. The molecular formula is C23H22Cl2N4O3S. The number of aryl methyl sites for hydroxylation is 1. The molecule has 4 rings (SSSR count). The van der Waals surface area contributed by atoms with E-state index < -0.39 is 5.60 Å². The average Bonchev–Trinajstić information content (AvgIpc) is 3.38. The van der Waals surface area contributed by atoms with E-state index in [0.717, 1.165) is 11.3 Å². The van der Waals surface area contributed by atoms with Crippen molar-refractivity contribution in [3.8, 4) is 5.75 Å². The van der Waals surface area contributed by atoms with E-state index in [1.165, 1.54) is 11.3 Å². The predicted molar refractivity (Wildman–Crippen MR) is 131 cm³/mol. The van der Waals surface area contributed by atoms with Crippen molar-refractivity contribution in [1.29, 1.82) is 0 Å². The molecule has 33 heavy (non-hydrogen) atoms. The van der Waals surface area contributed by atoms with Crippen LogP contribution < -0.4 is 15.0 Å². The minimum Gasteiger partial charge on any atom is -0.478 e. The molecule has 1 aromatic heterocycles. The lowest BCUT2D eigenvalue weighted by Gasteiger charge is -2.24. The van der Waals surface area contributed by atoms with Gasteiger partial charge in [0.2, 0.25) is 11.0 Å². The number of rotatable bonds is 6. The number of hydrogen-bond donors (Lipinski definition) is 1. The minimum atomic E-state index is -1.15. The van der Waals surface area contributed by atoms with Crippen LogP contribution in [0.1, 0.15) is 36.8 Å². The number of amides is 2. The van der Waals surface area contributed by atoms with Crippen molar-refractivity contribution in [3.05, 3.63) is 63.1 Å². The first-order valence-electron chi connectivity index (χ1n) is 10.3. The molecule has 1 fully saturated rings. The highest BCUT2D eigenvalue weighted by Crippen LogP contribution is 2.35. The van der Waals surface area contributed by atoms with E-state index in [0.29, 0.717) is 38.9 Å². The van der Waals surface area contributed by atoms with Crippen LogP contribution in [0.2, 0.25) is 10.0 Å². The second-order valence-electron chi connectivity index (χ2n) is 8.30. The van der Waals surface area contributed by atoms with Crippen LogP contribution in [0.25, 0.3) is 0 Å². The van der Waals surface area contributed by atoms with E-state index in [4.69, 9.17) is 27.9 Å². The summed E-state index contributed by atoms with van der Waals surface area (Å²) in [6, 6.07) is 12.4. The van der Waals surface area contributed by atoms with Gasteiger partial charge in [0.25, 0.3) is 5.91 Å². The van der Waals surface area contributed by atoms with E-state index >= 15 is 0 Å². The lowest BCUT2D eigenvalue weighted by Crippen LogP contribution is -2.42. The van der Waals surface area contributed by atoms with Gasteiger partial charge in [-0.05, 0) is 62.7 Å². The summed E-state index contributed by atoms with van der Waals surface area (Å²) in [7, 11) is 0. The third-order valence-corrected chi connectivity index (χ3v) is 7.00. The monoisotopic (exact) mass is 504 g/mol. The summed E-state index contributed by atoms with van der Waals surface area (Å²) < 4.78 is 5.82. The van der Waals surface area contributed by atoms with Crippen molar-refractivity contribution in [2.75, 3.05) is 16.8 Å². The number of nitrogens with zero attached hydrogens (tertiary/aromatic N) is 3. The average molecular weight is 505 g/mol. The van der Waals surface area contributed by atoms with Crippen LogP contribution in [-0.2, 0) is 9.59 Å². The van der Waals surface area contributed by atoms with Gasteiger partial charge >= 0.3 is 0 Å². The fourth-order valence-electron chi connectivity index (χ4n) is 3.41. The van der Waals surface area contributed by atoms with E-state index in [1.807, 2.05) is 19.1 Å². The Hall–Kier alpha value is -2.68. The smallest absolute Gasteiger partial charge is 0.269 e. The molecule has 1 N–H and O–H groups in total. The van der Waals surface area contributed by atoms with Gasteiger partial charge in [0.05, 0.1) is 0 Å². The number of halogens is 2. The summed E-state index contributed by atoms with van der Waals surface area (Å²) in [5.74, 6) is 0.0501. The molecule has 2 aromatic carbocycles. The van der Waals surface area contributed by atoms with E-state index in [9.17, 15) is 9.59 Å². The van der Waals surface area contributed by atoms with Crippen molar-refractivity contribution in [2.45, 2.75) is 38.7 Å². The second kappa shape index (κ2) is 9.29. The summed E-state index contributed by atoms with van der Waals surface area (Å²) in [4.78, 5) is 27.1. The molecule has 2 heterocycles. The van der Waals surface area contributed by atoms with Gasteiger partial charge in [0, 0.05) is 34.6 Å². The van der Waals surface area contributed by atoms with Gasteiger partial charge in [-0.15, -0.1) is 10.2 Å². The summed E-state index contributed by atoms with van der Waals surface area (Å²) in [6.45, 7) is 5.73. The molecular weight excluding hydrogens is 483 g/mol. The van der Waals surface area contributed by atoms with E-state index in [1.54, 1.807) is 49.1 Å². The highest BCUT2D eigenvalue weighted by atomic mass is 35.5. The Kier molecular flexibility index (Phi) is 6.61. The molecule has 0 aliphatic carbocycles. The molecule has 0 radical (unpaired) electrons. The van der Waals surface area contributed by atoms with Crippen LogP contribution in [0.3, 0.4) is 0 Å². The van der Waals surface area contributed by atoms with Crippen LogP contribution >= 0.6 is 34.5 Å². The minimum absolute atomic E-state index is 0.00166. The van der Waals surface area contributed by atoms with Crippen molar-refractivity contribution >= 4 is 57.2 Å². The largest absolute Gasteiger partial charge is 0.478 e. The van der Waals surface area contributed by atoms with E-state index in [2.05, 4.69) is 15.5 Å². The number of carbonyl (C=O) groups is 2. The molecule has 1 aliphatic heterocycles. The third-order valence-electron chi connectivity index (χ3n) is 5.34. The van der Waals surface area contributed by atoms with Crippen LogP contribution in [0.5, 0.6) is 5.75 Å². The summed E-state index contributed by atoms with van der Waals surface area (Å²) in [5.41, 5.74) is 0.568. The first-order valence-corrected chi connectivity index (χ1v) is 11.9. The maximum Gasteiger partial charge on any atom is 0.269 e. The Morgan fingerprint density at radius 2 is 1.91 bits per heavy atom. The normalized spacial score (nSPS) is 16.2. The maximum absolute atomic E-state index is 12.8. The number of benzene rings is 2. The number of carbonyl (C=O) groups excluding carboxylic acids is 2. The van der Waals surface area contributed by atoms with Gasteiger partial charge in [0.15, 0.2) is 5.60 Å². The summed E-state index contributed by atoms with van der Waals surface area (Å²) >= 11 is 13.4. The molecule has 172 valence electrons. The van der Waals surface area contributed by atoms with Crippen molar-refractivity contribution < 1.29 is 14.3 Å². The van der Waals surface area contributed by atoms with Crippen LogP contribution in [0.4, 0.5) is 10.8 Å². The molecule has 1 unspecified atom stereocenters. The lowest BCUT2D eigenvalue weighted by atomic mass is 10.1. The molecule has 0 bridgehead atoms. The Morgan fingerprint density at radius 1 is 1.18 bits per heavy atom. The van der Waals surface area contributed by atoms with Crippen molar-refractivity contribution in [2.24, 2.45) is 0 Å². The van der Waals surface area contributed by atoms with Gasteiger partial charge < -0.3 is 9.64 Å². The van der Waals surface area contributed by atoms with E-state index in [-0.39, 0.29) is 17.7 Å². The van der Waals surface area contributed by atoms with Gasteiger partial charge in [0.1, 0.15) is 10.8 Å². The first-order chi connectivity index (χ1) is 15.6. The first kappa shape index (κ1) is 23.5. The fourth-order valence-corrected chi connectivity index (χ4v) is 4.54. The number of aromatic nitrogens is 2. The van der Waals surface area contributed by atoms with Crippen molar-refractivity contribution in [1.82, 2.24) is 10.2 Å². The van der Waals surface area contributed by atoms with Gasteiger partial charge in [-0.1, -0.05) is 40.6 Å². The lowest BCUT2D eigenvalue weighted by molar-refractivity contribution is -0.128. The maximum atomic E-state index is 12.8. The van der Waals surface area contributed by atoms with Crippen LogP contribution in [0, 0.1) is 6.92 Å². The molecule has 0 spiro atoms. The molecule has 3 aromatic rings. The SMILES string of the molecule is Cc1ccc(N2CC(c3nnc(NC(=O)C(C)(C)Oc4ccc(Cl)cc4)s3)CC2=O)cc1Cl. The zero-order chi connectivity index (χ0) is 23.8. The Bertz CT molecular complexity index is 1200. The zero-order valence-electron chi connectivity index (χ0n) is 18.3. The molecule has 0 saturated carbocycles. The molecule has 1 aliphatic rings. The molecule has 7 nitrogen and oxygen atoms in total. The molecule has 2 amide bonds. The highest BCUT2D eigenvalue weighted by Gasteiger charge is 2.35. The van der Waals surface area contributed by atoms with Gasteiger partial charge in [-0.25, -0.2) is 0 Å². The second-order valence-corrected chi connectivity index (χ2v) is 10.2. The van der Waals surface area contributed by atoms with Gasteiger partial charge in [-0.3, -0.25) is 14.9 Å². The number of hydrogen-bond acceptors (Lipinski definition) is 6. The number of ether oxygens (including phenoxy) is 1. The standard InChI is InChI=1S/C23H22Cl2N4O3S/c1-13-4-7-16(11-18(13)25)29-12-14(10-19(29)30)20-27-28-22(33-20)26-21(31)23(2,3)32-17-8-5-15(24)6-9-17/h4-9,11,14H,10,12H2,1-3H3,(H,26,28,31). The molecule has 1 saturated heterocycles. The van der Waals surface area contributed by atoms with Crippen molar-refractivity contribution in [3.63, 3.8) is 0 Å². The topological polar surface area (TPSA) is 84.4 Å². The highest BCUT2D eigenvalue weighted by molar-refractivity contribution is 7.15. The predicted octanol–water partition coefficient (Wildman–Crippen LogP) is 5.47. The number of nitrogens with one attached hydrogen (secondary N) is 1. The molecule has 10 heteroatoms. The quantitative estimate of drug-likeness (QED) is 0.480. The summed E-state index contributed by atoms with van der Waals surface area (Å²) in [6.07, 6.45) is 0.319. The Morgan fingerprint density at radius 3 is 2.61 bits per heavy atom. The third kappa shape index (κ3) is 5.29.